The van der Waals surface area contributed by atoms with Gasteiger partial charge in [0.2, 0.25) is 0 Å². The first kappa shape index (κ1) is 27.5. The van der Waals surface area contributed by atoms with Gasteiger partial charge in [0.25, 0.3) is 5.91 Å². The van der Waals surface area contributed by atoms with Gasteiger partial charge in [-0.15, -0.1) is 0 Å². The predicted molar refractivity (Wildman–Crippen MR) is 151 cm³/mol. The van der Waals surface area contributed by atoms with Gasteiger partial charge in [0.15, 0.2) is 9.84 Å². The molecule has 0 N–H and O–H groups in total. The predicted octanol–water partition coefficient (Wildman–Crippen LogP) is 5.78. The van der Waals surface area contributed by atoms with Crippen molar-refractivity contribution >= 4 is 33.0 Å². The van der Waals surface area contributed by atoms with Crippen molar-refractivity contribution in [1.29, 1.82) is 0 Å². The summed E-state index contributed by atoms with van der Waals surface area (Å²) >= 11 is 6.17. The van der Waals surface area contributed by atoms with Gasteiger partial charge in [0.05, 0.1) is 33.5 Å². The Hall–Kier alpha value is -3.10. The average Bonchev–Trinajstić information content (AvgIpc) is 3.19. The number of benzene rings is 3. The maximum Gasteiger partial charge on any atom is 0.255 e. The van der Waals surface area contributed by atoms with E-state index in [0.29, 0.717) is 31.7 Å². The van der Waals surface area contributed by atoms with Crippen molar-refractivity contribution in [2.45, 2.75) is 54.8 Å². The summed E-state index contributed by atoms with van der Waals surface area (Å²) < 4.78 is 46.3. The van der Waals surface area contributed by atoms with Crippen molar-refractivity contribution in [3.63, 3.8) is 0 Å². The second kappa shape index (κ2) is 11.2. The minimum Gasteiger partial charge on any atom is -0.495 e. The Balaban J connectivity index is 1.37. The van der Waals surface area contributed by atoms with Gasteiger partial charge in [0, 0.05) is 25.2 Å². The molecule has 2 aliphatic rings. The highest BCUT2D eigenvalue weighted by Gasteiger charge is 2.43. The van der Waals surface area contributed by atoms with Crippen LogP contribution >= 0.6 is 11.6 Å². The lowest BCUT2D eigenvalue weighted by Crippen LogP contribution is -2.55. The number of halogens is 2. The maximum absolute atomic E-state index is 13.6. The van der Waals surface area contributed by atoms with Crippen LogP contribution in [0, 0.1) is 5.82 Å². The highest BCUT2D eigenvalue weighted by Crippen LogP contribution is 2.41. The van der Waals surface area contributed by atoms with Gasteiger partial charge in [0.1, 0.15) is 11.6 Å². The number of nitrogens with zero attached hydrogens (tertiary/aromatic N) is 2. The van der Waals surface area contributed by atoms with Gasteiger partial charge in [-0.05, 0) is 74.6 Å². The number of rotatable bonds is 8. The van der Waals surface area contributed by atoms with E-state index < -0.39 is 20.9 Å². The molecule has 2 fully saturated rings. The first-order valence-corrected chi connectivity index (χ1v) is 15.1. The fourth-order valence-electron chi connectivity index (χ4n) is 5.75. The molecule has 5 rings (SSSR count). The third-order valence-electron chi connectivity index (χ3n) is 7.90. The minimum absolute atomic E-state index is 0.00529. The number of anilines is 1. The third-order valence-corrected chi connectivity index (χ3v) is 10.4. The largest absolute Gasteiger partial charge is 0.495 e. The molecule has 6 nitrogen and oxygen atoms in total. The minimum atomic E-state index is -3.57. The van der Waals surface area contributed by atoms with Gasteiger partial charge >= 0.3 is 0 Å². The van der Waals surface area contributed by atoms with Crippen LogP contribution < -0.4 is 9.64 Å². The summed E-state index contributed by atoms with van der Waals surface area (Å²) in [6.45, 7) is 2.67. The van der Waals surface area contributed by atoms with Crippen molar-refractivity contribution in [3.05, 3.63) is 88.7 Å². The Bertz CT molecular complexity index is 1450. The lowest BCUT2D eigenvalue weighted by Gasteiger charge is -2.43. The maximum atomic E-state index is 13.6. The van der Waals surface area contributed by atoms with E-state index in [2.05, 4.69) is 4.90 Å². The molecule has 3 aromatic rings. The molecular formula is C30H32ClFN2O4S. The average molecular weight is 571 g/mol. The van der Waals surface area contributed by atoms with Crippen molar-refractivity contribution in [2.75, 3.05) is 25.1 Å². The standard InChI is InChI=1S/C30H32ClFN2O4S/c1-20(8-9-21-6-4-3-5-7-21)39(36,37)25-13-15-29(38-2)28(17-25)34-23-11-12-24(34)19-33(18-23)30(35)26-14-10-22(32)16-27(26)31/h3-7,10,13-17,20,23-24H,8-9,11-12,18-19H2,1-2H3/t20-,23-,24+/m0/s1. The Morgan fingerprint density at radius 1 is 1.05 bits per heavy atom. The van der Waals surface area contributed by atoms with E-state index in [9.17, 15) is 17.6 Å². The summed E-state index contributed by atoms with van der Waals surface area (Å²) in [6, 6.07) is 18.8. The number of carbonyl (C=O) groups excluding carboxylic acids is 1. The summed E-state index contributed by atoms with van der Waals surface area (Å²) in [6.07, 6.45) is 2.92. The molecule has 3 atom stereocenters. The van der Waals surface area contributed by atoms with E-state index >= 15 is 0 Å². The first-order valence-electron chi connectivity index (χ1n) is 13.2. The van der Waals surface area contributed by atoms with Crippen LogP contribution in [0.1, 0.15) is 42.1 Å². The molecule has 0 spiro atoms. The number of hydrogen-bond acceptors (Lipinski definition) is 5. The van der Waals surface area contributed by atoms with Gasteiger partial charge in [-0.2, -0.15) is 0 Å². The van der Waals surface area contributed by atoms with Gasteiger partial charge in [-0.1, -0.05) is 41.9 Å². The number of amides is 1. The zero-order valence-corrected chi connectivity index (χ0v) is 23.6. The molecule has 0 unspecified atom stereocenters. The summed E-state index contributed by atoms with van der Waals surface area (Å²) in [4.78, 5) is 17.5. The molecule has 1 amide bonds. The first-order chi connectivity index (χ1) is 18.7. The fourth-order valence-corrected chi connectivity index (χ4v) is 7.42. The Labute approximate surface area is 234 Å². The number of sulfone groups is 1. The van der Waals surface area contributed by atoms with Crippen molar-refractivity contribution in [1.82, 2.24) is 4.90 Å². The van der Waals surface area contributed by atoms with Crippen LogP contribution in [0.2, 0.25) is 5.02 Å². The number of ether oxygens (including phenoxy) is 1. The molecular weight excluding hydrogens is 539 g/mol. The highest BCUT2D eigenvalue weighted by molar-refractivity contribution is 7.92. The van der Waals surface area contributed by atoms with E-state index in [0.717, 1.165) is 30.2 Å². The van der Waals surface area contributed by atoms with E-state index in [1.165, 1.54) is 12.1 Å². The zero-order valence-electron chi connectivity index (χ0n) is 22.0. The molecule has 206 valence electrons. The van der Waals surface area contributed by atoms with Crippen molar-refractivity contribution in [3.8, 4) is 5.75 Å². The van der Waals surface area contributed by atoms with Crippen LogP contribution in [0.3, 0.4) is 0 Å². The third kappa shape index (κ3) is 5.50. The Morgan fingerprint density at radius 3 is 2.38 bits per heavy atom. The Morgan fingerprint density at radius 2 is 1.74 bits per heavy atom. The molecule has 2 aliphatic heterocycles. The number of fused-ring (bicyclic) bond motifs is 2. The number of aryl methyl sites for hydroxylation is 1. The summed E-state index contributed by atoms with van der Waals surface area (Å²) in [5.74, 6) is -0.117. The fraction of sp³-hybridized carbons (Fsp3) is 0.367. The molecule has 39 heavy (non-hydrogen) atoms. The molecule has 2 saturated heterocycles. The molecule has 2 bridgehead atoms. The topological polar surface area (TPSA) is 66.9 Å². The lowest BCUT2D eigenvalue weighted by molar-refractivity contribution is 0.0718. The van der Waals surface area contributed by atoms with Crippen LogP contribution in [0.25, 0.3) is 0 Å². The molecule has 0 radical (unpaired) electrons. The molecule has 2 heterocycles. The molecule has 3 aromatic carbocycles. The number of likely N-dealkylation sites (tertiary alicyclic amines) is 1. The quantitative estimate of drug-likeness (QED) is 0.344. The number of hydrogen-bond donors (Lipinski definition) is 0. The van der Waals surface area contributed by atoms with Gasteiger partial charge < -0.3 is 14.5 Å². The second-order valence-electron chi connectivity index (χ2n) is 10.3. The van der Waals surface area contributed by atoms with Crippen molar-refractivity contribution < 1.29 is 22.3 Å². The van der Waals surface area contributed by atoms with Crippen LogP contribution in [-0.4, -0.2) is 56.8 Å². The van der Waals surface area contributed by atoms with E-state index in [1.807, 2.05) is 30.3 Å². The normalized spacial score (nSPS) is 19.7. The van der Waals surface area contributed by atoms with Gasteiger partial charge in [-0.25, -0.2) is 12.8 Å². The summed E-state index contributed by atoms with van der Waals surface area (Å²) in [5, 5.41) is -0.457. The second-order valence-corrected chi connectivity index (χ2v) is 13.1. The van der Waals surface area contributed by atoms with Crippen LogP contribution in [-0.2, 0) is 16.3 Å². The molecule has 0 aromatic heterocycles. The SMILES string of the molecule is COc1ccc(S(=O)(=O)[C@@H](C)CCc2ccccc2)cc1N1[C@@H]2CC[C@H]1CN(C(=O)c1ccc(F)cc1Cl)C2. The van der Waals surface area contributed by atoms with E-state index in [-0.39, 0.29) is 33.5 Å². The summed E-state index contributed by atoms with van der Waals surface area (Å²) in [5.41, 5.74) is 2.12. The lowest BCUT2D eigenvalue weighted by atomic mass is 10.1. The number of methoxy groups -OCH3 is 1. The van der Waals surface area contributed by atoms with E-state index in [1.54, 1.807) is 37.1 Å². The zero-order chi connectivity index (χ0) is 27.7. The summed E-state index contributed by atoms with van der Waals surface area (Å²) in [7, 11) is -1.99. The molecule has 0 aliphatic carbocycles. The Kier molecular flexibility index (Phi) is 7.87. The highest BCUT2D eigenvalue weighted by atomic mass is 35.5. The van der Waals surface area contributed by atoms with Gasteiger partial charge in [-0.3, -0.25) is 4.79 Å². The number of carbonyl (C=O) groups is 1. The smallest absolute Gasteiger partial charge is 0.255 e. The number of piperazine rings is 1. The molecule has 9 heteroatoms. The van der Waals surface area contributed by atoms with Crippen LogP contribution in [0.15, 0.2) is 71.6 Å². The molecule has 0 saturated carbocycles. The van der Waals surface area contributed by atoms with Crippen LogP contribution in [0.5, 0.6) is 5.75 Å². The monoisotopic (exact) mass is 570 g/mol. The van der Waals surface area contributed by atoms with E-state index in [4.69, 9.17) is 16.3 Å². The van der Waals surface area contributed by atoms with Crippen LogP contribution in [0.4, 0.5) is 10.1 Å². The van der Waals surface area contributed by atoms with Crippen molar-refractivity contribution in [2.24, 2.45) is 0 Å².